The number of aryl methyl sites for hydroxylation is 2. The minimum absolute atomic E-state index is 0.0508. The van der Waals surface area contributed by atoms with E-state index in [1.165, 1.54) is 0 Å². The number of nitrogens with zero attached hydrogens (tertiary/aromatic N) is 1. The first-order valence-electron chi connectivity index (χ1n) is 7.19. The van der Waals surface area contributed by atoms with Crippen LogP contribution in [0.2, 0.25) is 0 Å². The van der Waals surface area contributed by atoms with E-state index in [9.17, 15) is 9.59 Å². The quantitative estimate of drug-likeness (QED) is 0.869. The third-order valence-corrected chi connectivity index (χ3v) is 4.12. The van der Waals surface area contributed by atoms with Gasteiger partial charge in [-0.1, -0.05) is 19.1 Å². The number of carbonyl (C=O) groups is 2. The van der Waals surface area contributed by atoms with Crippen molar-refractivity contribution < 1.29 is 14.7 Å². The molecule has 1 atom stereocenters. The summed E-state index contributed by atoms with van der Waals surface area (Å²) >= 11 is 0. The maximum atomic E-state index is 12.0. The first-order valence-corrected chi connectivity index (χ1v) is 7.19. The molecule has 114 valence electrons. The average molecular weight is 290 g/mol. The van der Waals surface area contributed by atoms with Crippen LogP contribution in [-0.2, 0) is 9.59 Å². The van der Waals surface area contributed by atoms with Crippen LogP contribution in [0.15, 0.2) is 18.2 Å². The molecule has 1 aliphatic rings. The standard InChI is InChI=1S/C16H22N2O3/c1-10-4-5-11(2)14(6-10)17-15(19)9-18-7-13(8-18)12(3)16(20)21/h4-6,12-13H,7-9H2,1-3H3,(H,17,19)(H,20,21). The van der Waals surface area contributed by atoms with E-state index >= 15 is 0 Å². The molecule has 1 unspecified atom stereocenters. The minimum Gasteiger partial charge on any atom is -0.481 e. The Morgan fingerprint density at radius 1 is 1.38 bits per heavy atom. The summed E-state index contributed by atoms with van der Waals surface area (Å²) in [6, 6.07) is 5.95. The minimum atomic E-state index is -0.764. The highest BCUT2D eigenvalue weighted by atomic mass is 16.4. The SMILES string of the molecule is Cc1ccc(C)c(NC(=O)CN2CC(C(C)C(=O)O)C2)c1. The van der Waals surface area contributed by atoms with Crippen LogP contribution in [-0.4, -0.2) is 41.5 Å². The molecule has 5 heteroatoms. The number of rotatable bonds is 5. The molecular weight excluding hydrogens is 268 g/mol. The van der Waals surface area contributed by atoms with Crippen molar-refractivity contribution in [2.45, 2.75) is 20.8 Å². The van der Waals surface area contributed by atoms with E-state index in [0.717, 1.165) is 16.8 Å². The maximum Gasteiger partial charge on any atom is 0.306 e. The molecule has 21 heavy (non-hydrogen) atoms. The van der Waals surface area contributed by atoms with Crippen molar-refractivity contribution in [3.8, 4) is 0 Å². The van der Waals surface area contributed by atoms with Gasteiger partial charge < -0.3 is 10.4 Å². The van der Waals surface area contributed by atoms with E-state index in [2.05, 4.69) is 5.32 Å². The summed E-state index contributed by atoms with van der Waals surface area (Å²) in [4.78, 5) is 24.9. The number of carbonyl (C=O) groups excluding carboxylic acids is 1. The molecule has 1 saturated heterocycles. The summed E-state index contributed by atoms with van der Waals surface area (Å²) in [5.74, 6) is -1.01. The van der Waals surface area contributed by atoms with Gasteiger partial charge in [0.1, 0.15) is 0 Å². The Bertz CT molecular complexity index is 550. The molecule has 0 spiro atoms. The molecule has 1 aliphatic heterocycles. The molecule has 1 heterocycles. The second-order valence-corrected chi connectivity index (χ2v) is 5.95. The lowest BCUT2D eigenvalue weighted by molar-refractivity contribution is -0.145. The lowest BCUT2D eigenvalue weighted by Gasteiger charge is -2.40. The normalized spacial score (nSPS) is 17.1. The zero-order valence-corrected chi connectivity index (χ0v) is 12.7. The molecule has 2 rings (SSSR count). The Kier molecular flexibility index (Phi) is 4.63. The van der Waals surface area contributed by atoms with Gasteiger partial charge in [0.15, 0.2) is 0 Å². The summed E-state index contributed by atoms with van der Waals surface area (Å²) in [5.41, 5.74) is 2.99. The molecule has 5 nitrogen and oxygen atoms in total. The monoisotopic (exact) mass is 290 g/mol. The Balaban J connectivity index is 1.82. The lowest BCUT2D eigenvalue weighted by Crippen LogP contribution is -2.53. The fourth-order valence-electron chi connectivity index (χ4n) is 2.52. The summed E-state index contributed by atoms with van der Waals surface area (Å²) in [7, 11) is 0. The average Bonchev–Trinajstić information content (AvgIpc) is 2.37. The van der Waals surface area contributed by atoms with Crippen molar-refractivity contribution in [3.63, 3.8) is 0 Å². The Morgan fingerprint density at radius 2 is 2.05 bits per heavy atom. The number of hydrogen-bond acceptors (Lipinski definition) is 3. The van der Waals surface area contributed by atoms with Crippen LogP contribution in [0, 0.1) is 25.7 Å². The van der Waals surface area contributed by atoms with Gasteiger partial charge in [-0.05, 0) is 37.0 Å². The van der Waals surface area contributed by atoms with Gasteiger partial charge in [0.2, 0.25) is 5.91 Å². The van der Waals surface area contributed by atoms with Gasteiger partial charge in [0, 0.05) is 18.8 Å². The Labute approximate surface area is 125 Å². The first kappa shape index (κ1) is 15.5. The number of benzene rings is 1. The number of aliphatic carboxylic acids is 1. The van der Waals surface area contributed by atoms with E-state index in [-0.39, 0.29) is 17.7 Å². The largest absolute Gasteiger partial charge is 0.481 e. The number of likely N-dealkylation sites (tertiary alicyclic amines) is 1. The molecule has 0 bridgehead atoms. The molecule has 1 fully saturated rings. The molecule has 0 aliphatic carbocycles. The van der Waals surface area contributed by atoms with Crippen molar-refractivity contribution in [1.82, 2.24) is 4.90 Å². The fraction of sp³-hybridized carbons (Fsp3) is 0.500. The van der Waals surface area contributed by atoms with Gasteiger partial charge in [-0.25, -0.2) is 0 Å². The predicted molar refractivity (Wildman–Crippen MR) is 81.3 cm³/mol. The summed E-state index contributed by atoms with van der Waals surface area (Å²) in [6.45, 7) is 7.34. The molecular formula is C16H22N2O3. The van der Waals surface area contributed by atoms with Gasteiger partial charge in [-0.3, -0.25) is 14.5 Å². The predicted octanol–water partition coefficient (Wildman–Crippen LogP) is 1.89. The smallest absolute Gasteiger partial charge is 0.306 e. The summed E-state index contributed by atoms with van der Waals surface area (Å²) in [6.07, 6.45) is 0. The molecule has 0 saturated carbocycles. The van der Waals surface area contributed by atoms with Crippen LogP contribution in [0.3, 0.4) is 0 Å². The van der Waals surface area contributed by atoms with Crippen LogP contribution in [0.5, 0.6) is 0 Å². The number of amides is 1. The summed E-state index contributed by atoms with van der Waals surface area (Å²) in [5, 5.41) is 11.9. The number of carboxylic acids is 1. The molecule has 2 N–H and O–H groups in total. The highest BCUT2D eigenvalue weighted by molar-refractivity contribution is 5.93. The first-order chi connectivity index (χ1) is 9.86. The van der Waals surface area contributed by atoms with Crippen molar-refractivity contribution >= 4 is 17.6 Å². The van der Waals surface area contributed by atoms with Crippen LogP contribution in [0.25, 0.3) is 0 Å². The van der Waals surface area contributed by atoms with Crippen LogP contribution < -0.4 is 5.32 Å². The highest BCUT2D eigenvalue weighted by Crippen LogP contribution is 2.24. The van der Waals surface area contributed by atoms with E-state index < -0.39 is 5.97 Å². The van der Waals surface area contributed by atoms with Crippen LogP contribution in [0.1, 0.15) is 18.1 Å². The molecule has 1 aromatic rings. The second kappa shape index (κ2) is 6.26. The van der Waals surface area contributed by atoms with Gasteiger partial charge in [-0.2, -0.15) is 0 Å². The zero-order chi connectivity index (χ0) is 15.6. The number of nitrogens with one attached hydrogen (secondary N) is 1. The van der Waals surface area contributed by atoms with Crippen molar-refractivity contribution in [2.24, 2.45) is 11.8 Å². The van der Waals surface area contributed by atoms with E-state index in [4.69, 9.17) is 5.11 Å². The number of hydrogen-bond donors (Lipinski definition) is 2. The third-order valence-electron chi connectivity index (χ3n) is 4.12. The third kappa shape index (κ3) is 3.82. The topological polar surface area (TPSA) is 69.6 Å². The molecule has 0 radical (unpaired) electrons. The van der Waals surface area contributed by atoms with E-state index in [0.29, 0.717) is 19.6 Å². The van der Waals surface area contributed by atoms with Gasteiger partial charge in [-0.15, -0.1) is 0 Å². The summed E-state index contributed by atoms with van der Waals surface area (Å²) < 4.78 is 0. The van der Waals surface area contributed by atoms with Crippen LogP contribution >= 0.6 is 0 Å². The van der Waals surface area contributed by atoms with E-state index in [1.54, 1.807) is 6.92 Å². The van der Waals surface area contributed by atoms with E-state index in [1.807, 2.05) is 36.9 Å². The molecule has 1 amide bonds. The van der Waals surface area contributed by atoms with Gasteiger partial charge in [0.25, 0.3) is 0 Å². The second-order valence-electron chi connectivity index (χ2n) is 5.95. The fourth-order valence-corrected chi connectivity index (χ4v) is 2.52. The number of anilines is 1. The van der Waals surface area contributed by atoms with Crippen molar-refractivity contribution in [1.29, 1.82) is 0 Å². The van der Waals surface area contributed by atoms with Crippen molar-refractivity contribution in [3.05, 3.63) is 29.3 Å². The van der Waals surface area contributed by atoms with Gasteiger partial charge >= 0.3 is 5.97 Å². The highest BCUT2D eigenvalue weighted by Gasteiger charge is 2.35. The Morgan fingerprint density at radius 3 is 2.67 bits per heavy atom. The van der Waals surface area contributed by atoms with Crippen molar-refractivity contribution in [2.75, 3.05) is 25.0 Å². The molecule has 1 aromatic carbocycles. The molecule has 0 aromatic heterocycles. The maximum absolute atomic E-state index is 12.0. The van der Waals surface area contributed by atoms with Crippen LogP contribution in [0.4, 0.5) is 5.69 Å². The number of carboxylic acid groups (broad SMARTS) is 1. The zero-order valence-electron chi connectivity index (χ0n) is 12.7. The van der Waals surface area contributed by atoms with Gasteiger partial charge in [0.05, 0.1) is 12.5 Å². The Hall–Kier alpha value is -1.88. The lowest BCUT2D eigenvalue weighted by atomic mass is 9.87.